The Morgan fingerprint density at radius 3 is 2.16 bits per heavy atom. The summed E-state index contributed by atoms with van der Waals surface area (Å²) in [5.41, 5.74) is -1.54. The van der Waals surface area contributed by atoms with Gasteiger partial charge in [0, 0.05) is 37.8 Å². The largest absolute Gasteiger partial charge is 0.481 e. The lowest BCUT2D eigenvalue weighted by atomic mass is 10.0. The van der Waals surface area contributed by atoms with Crippen LogP contribution in [0.4, 0.5) is 16.2 Å². The van der Waals surface area contributed by atoms with Gasteiger partial charge in [-0.3, -0.25) is 14.9 Å². The van der Waals surface area contributed by atoms with E-state index in [4.69, 9.17) is 14.2 Å². The summed E-state index contributed by atoms with van der Waals surface area (Å²) in [6.07, 6.45) is 0.553. The molecule has 2 rings (SSSR count). The van der Waals surface area contributed by atoms with Crippen LogP contribution in [0.3, 0.4) is 0 Å². The zero-order valence-electron chi connectivity index (χ0n) is 22.6. The number of nitrogens with zero attached hydrogens (tertiary/aromatic N) is 2. The van der Waals surface area contributed by atoms with Gasteiger partial charge in [-0.05, 0) is 61.3 Å². The molecule has 2 amide bonds. The summed E-state index contributed by atoms with van der Waals surface area (Å²) in [7, 11) is 0. The average molecular weight is 523 g/mol. The Bertz CT molecular complexity index is 1010. The maximum Gasteiger partial charge on any atom is 0.410 e. The van der Waals surface area contributed by atoms with Crippen molar-refractivity contribution in [1.29, 1.82) is 0 Å². The summed E-state index contributed by atoms with van der Waals surface area (Å²) < 4.78 is 16.3. The number of nitrogens with one attached hydrogen (secondary N) is 2. The Labute approximate surface area is 217 Å². The number of nitro groups is 1. The highest BCUT2D eigenvalue weighted by molar-refractivity contribution is 5.99. The number of hydrogen-bond donors (Lipinski definition) is 2. The van der Waals surface area contributed by atoms with Crippen molar-refractivity contribution in [2.75, 3.05) is 31.6 Å². The molecule has 2 N–H and O–H groups in total. The molecule has 0 unspecified atom stereocenters. The number of esters is 1. The number of likely N-dealkylation sites (tertiary alicyclic amines) is 1. The van der Waals surface area contributed by atoms with E-state index in [9.17, 15) is 24.5 Å². The van der Waals surface area contributed by atoms with E-state index in [0.717, 1.165) is 6.07 Å². The van der Waals surface area contributed by atoms with Crippen molar-refractivity contribution >= 4 is 29.3 Å². The predicted molar refractivity (Wildman–Crippen MR) is 137 cm³/mol. The standard InChI is InChI=1S/C25H38N4O8/c1-8-26-18-14-20(35-15-21(30)36-24(2,3)4)17(13-19(18)29(33)34)22(31)27-16-9-11-28(12-10-16)23(32)37-25(5,6)7/h13-14,16,26H,8-12,15H2,1-7H3,(H,27,31). The molecule has 1 heterocycles. The zero-order chi connectivity index (χ0) is 28.0. The fraction of sp³-hybridized carbons (Fsp3) is 0.640. The first-order chi connectivity index (χ1) is 17.1. The molecule has 0 aliphatic carbocycles. The molecule has 1 aliphatic rings. The second-order valence-electron chi connectivity index (χ2n) is 10.7. The van der Waals surface area contributed by atoms with Gasteiger partial charge in [0.25, 0.3) is 11.6 Å². The van der Waals surface area contributed by atoms with Crippen LogP contribution in [-0.4, -0.2) is 71.3 Å². The Morgan fingerprint density at radius 1 is 1.05 bits per heavy atom. The molecular weight excluding hydrogens is 484 g/mol. The highest BCUT2D eigenvalue weighted by Crippen LogP contribution is 2.33. The lowest BCUT2D eigenvalue weighted by Crippen LogP contribution is -2.47. The number of rotatable bonds is 8. The van der Waals surface area contributed by atoms with Crippen molar-refractivity contribution in [2.45, 2.75) is 78.6 Å². The third kappa shape index (κ3) is 9.43. The molecule has 1 aromatic rings. The first-order valence-corrected chi connectivity index (χ1v) is 12.3. The van der Waals surface area contributed by atoms with Gasteiger partial charge >= 0.3 is 12.1 Å². The van der Waals surface area contributed by atoms with E-state index < -0.39 is 40.7 Å². The highest BCUT2D eigenvalue weighted by Gasteiger charge is 2.30. The molecule has 0 aromatic heterocycles. The summed E-state index contributed by atoms with van der Waals surface area (Å²) >= 11 is 0. The van der Waals surface area contributed by atoms with Crippen LogP contribution in [0.2, 0.25) is 0 Å². The molecule has 1 aromatic carbocycles. The van der Waals surface area contributed by atoms with Gasteiger partial charge in [-0.2, -0.15) is 0 Å². The van der Waals surface area contributed by atoms with Gasteiger partial charge in [0.2, 0.25) is 0 Å². The van der Waals surface area contributed by atoms with Crippen LogP contribution in [0, 0.1) is 10.1 Å². The minimum atomic E-state index is -0.723. The van der Waals surface area contributed by atoms with Crippen molar-refractivity contribution in [3.63, 3.8) is 0 Å². The molecule has 0 saturated carbocycles. The van der Waals surface area contributed by atoms with Crippen LogP contribution in [-0.2, 0) is 14.3 Å². The minimum absolute atomic E-state index is 0.0103. The highest BCUT2D eigenvalue weighted by atomic mass is 16.6. The van der Waals surface area contributed by atoms with Gasteiger partial charge in [0.05, 0.1) is 10.5 Å². The molecule has 37 heavy (non-hydrogen) atoms. The summed E-state index contributed by atoms with van der Waals surface area (Å²) in [4.78, 5) is 50.3. The maximum atomic E-state index is 13.2. The lowest BCUT2D eigenvalue weighted by molar-refractivity contribution is -0.384. The monoisotopic (exact) mass is 522 g/mol. The molecule has 1 fully saturated rings. The SMILES string of the molecule is CCNc1cc(OCC(=O)OC(C)(C)C)c(C(=O)NC2CCN(C(=O)OC(C)(C)C)CC2)cc1[N+](=O)[O-]. The van der Waals surface area contributed by atoms with E-state index in [1.165, 1.54) is 6.07 Å². The molecule has 0 bridgehead atoms. The summed E-state index contributed by atoms with van der Waals surface area (Å²) in [5.74, 6) is -1.21. The van der Waals surface area contributed by atoms with Crippen molar-refractivity contribution in [2.24, 2.45) is 0 Å². The first kappa shape index (κ1) is 29.7. The Balaban J connectivity index is 2.19. The van der Waals surface area contributed by atoms with Gasteiger partial charge < -0.3 is 29.7 Å². The number of ether oxygens (including phenoxy) is 3. The number of carbonyl (C=O) groups is 3. The number of piperidine rings is 1. The van der Waals surface area contributed by atoms with Gasteiger partial charge in [0.15, 0.2) is 6.61 Å². The first-order valence-electron chi connectivity index (χ1n) is 12.3. The van der Waals surface area contributed by atoms with Gasteiger partial charge in [-0.25, -0.2) is 9.59 Å². The van der Waals surface area contributed by atoms with Crippen LogP contribution in [0.1, 0.15) is 71.7 Å². The maximum absolute atomic E-state index is 13.2. The molecule has 1 aliphatic heterocycles. The molecule has 12 nitrogen and oxygen atoms in total. The van der Waals surface area contributed by atoms with Gasteiger partial charge in [0.1, 0.15) is 22.6 Å². The fourth-order valence-corrected chi connectivity index (χ4v) is 3.65. The van der Waals surface area contributed by atoms with E-state index in [-0.39, 0.29) is 28.7 Å². The molecule has 0 spiro atoms. The van der Waals surface area contributed by atoms with E-state index in [0.29, 0.717) is 32.5 Å². The summed E-state index contributed by atoms with van der Waals surface area (Å²) in [6, 6.07) is 2.21. The Morgan fingerprint density at radius 2 is 1.65 bits per heavy atom. The number of nitro benzene ring substituents is 1. The number of anilines is 1. The predicted octanol–water partition coefficient (Wildman–Crippen LogP) is 3.88. The van der Waals surface area contributed by atoms with Crippen LogP contribution >= 0.6 is 0 Å². The molecular formula is C25H38N4O8. The molecule has 12 heteroatoms. The van der Waals surface area contributed by atoms with Crippen molar-refractivity contribution in [3.05, 3.63) is 27.8 Å². The van der Waals surface area contributed by atoms with Gasteiger partial charge in [-0.1, -0.05) is 0 Å². The third-order valence-corrected chi connectivity index (χ3v) is 5.15. The Kier molecular flexibility index (Phi) is 9.71. The second kappa shape index (κ2) is 12.1. The lowest BCUT2D eigenvalue weighted by Gasteiger charge is -2.33. The number of amides is 2. The molecule has 0 atom stereocenters. The fourth-order valence-electron chi connectivity index (χ4n) is 3.65. The van der Waals surface area contributed by atoms with E-state index >= 15 is 0 Å². The normalized spacial score (nSPS) is 14.5. The van der Waals surface area contributed by atoms with E-state index in [1.807, 2.05) is 0 Å². The number of hydrogen-bond acceptors (Lipinski definition) is 9. The third-order valence-electron chi connectivity index (χ3n) is 5.15. The van der Waals surface area contributed by atoms with Crippen molar-refractivity contribution < 1.29 is 33.5 Å². The summed E-state index contributed by atoms with van der Waals surface area (Å²) in [6.45, 7) is 13.0. The Hall–Kier alpha value is -3.57. The quantitative estimate of drug-likeness (QED) is 0.295. The van der Waals surface area contributed by atoms with Crippen LogP contribution in [0.5, 0.6) is 5.75 Å². The second-order valence-corrected chi connectivity index (χ2v) is 10.7. The van der Waals surface area contributed by atoms with Crippen molar-refractivity contribution in [1.82, 2.24) is 10.2 Å². The van der Waals surface area contributed by atoms with Crippen LogP contribution in [0.15, 0.2) is 12.1 Å². The summed E-state index contributed by atoms with van der Waals surface area (Å²) in [5, 5.41) is 17.4. The minimum Gasteiger partial charge on any atom is -0.481 e. The van der Waals surface area contributed by atoms with Gasteiger partial charge in [-0.15, -0.1) is 0 Å². The molecule has 206 valence electrons. The number of benzene rings is 1. The molecule has 1 saturated heterocycles. The van der Waals surface area contributed by atoms with E-state index in [1.54, 1.807) is 53.4 Å². The van der Waals surface area contributed by atoms with E-state index in [2.05, 4.69) is 10.6 Å². The smallest absolute Gasteiger partial charge is 0.410 e. The topological polar surface area (TPSA) is 149 Å². The number of carbonyl (C=O) groups excluding carboxylic acids is 3. The van der Waals surface area contributed by atoms with Crippen molar-refractivity contribution in [3.8, 4) is 5.75 Å². The average Bonchev–Trinajstić information content (AvgIpc) is 2.75. The van der Waals surface area contributed by atoms with Crippen LogP contribution < -0.4 is 15.4 Å². The zero-order valence-corrected chi connectivity index (χ0v) is 22.6. The molecule has 0 radical (unpaired) electrons. The van der Waals surface area contributed by atoms with Crippen LogP contribution in [0.25, 0.3) is 0 Å².